The molecular formula is C35H34N4O2. The standard InChI is InChI=1S/C35H34N4O2/c1-25-15-16-30-31(36-25)13-8-14-33(30)39-23-21-38(22-24-39)20-19-29-28(26-9-4-2-5-10-26)17-18-32(37-35(40)41)34(29)27-11-6-3-7-12-27/h2-18,37H,19-24H2,1H3,(H,40,41). The fourth-order valence-electron chi connectivity index (χ4n) is 5.95. The monoisotopic (exact) mass is 542 g/mol. The lowest BCUT2D eigenvalue weighted by Crippen LogP contribution is -2.47. The van der Waals surface area contributed by atoms with Gasteiger partial charge in [0.15, 0.2) is 0 Å². The smallest absolute Gasteiger partial charge is 0.409 e. The number of benzene rings is 4. The van der Waals surface area contributed by atoms with Gasteiger partial charge in [0.25, 0.3) is 0 Å². The van der Waals surface area contributed by atoms with Crippen LogP contribution in [0.15, 0.2) is 103 Å². The Hall–Kier alpha value is -4.68. The topological polar surface area (TPSA) is 68.7 Å². The van der Waals surface area contributed by atoms with Gasteiger partial charge < -0.3 is 10.0 Å². The average molecular weight is 543 g/mol. The van der Waals surface area contributed by atoms with E-state index in [1.165, 1.54) is 11.1 Å². The molecule has 6 rings (SSSR count). The Morgan fingerprint density at radius 1 is 0.805 bits per heavy atom. The molecule has 1 aliphatic rings. The van der Waals surface area contributed by atoms with Gasteiger partial charge in [-0.2, -0.15) is 0 Å². The lowest BCUT2D eigenvalue weighted by atomic mass is 9.88. The van der Waals surface area contributed by atoms with Gasteiger partial charge in [0.1, 0.15) is 0 Å². The number of carbonyl (C=O) groups is 1. The first-order valence-corrected chi connectivity index (χ1v) is 14.2. The van der Waals surface area contributed by atoms with Crippen molar-refractivity contribution in [3.8, 4) is 22.3 Å². The number of fused-ring (bicyclic) bond motifs is 1. The molecule has 0 spiro atoms. The van der Waals surface area contributed by atoms with Crippen molar-refractivity contribution >= 4 is 28.4 Å². The number of aryl methyl sites for hydroxylation is 1. The average Bonchev–Trinajstić information content (AvgIpc) is 3.00. The second-order valence-corrected chi connectivity index (χ2v) is 10.6. The molecule has 1 amide bonds. The number of pyridine rings is 1. The summed E-state index contributed by atoms with van der Waals surface area (Å²) >= 11 is 0. The predicted molar refractivity (Wildman–Crippen MR) is 168 cm³/mol. The quantitative estimate of drug-likeness (QED) is 0.225. The van der Waals surface area contributed by atoms with Crippen molar-refractivity contribution in [3.05, 3.63) is 114 Å². The lowest BCUT2D eigenvalue weighted by Gasteiger charge is -2.37. The zero-order valence-corrected chi connectivity index (χ0v) is 23.3. The number of hydrogen-bond acceptors (Lipinski definition) is 4. The van der Waals surface area contributed by atoms with Crippen LogP contribution in [0.4, 0.5) is 16.2 Å². The Morgan fingerprint density at radius 3 is 2.22 bits per heavy atom. The van der Waals surface area contributed by atoms with Gasteiger partial charge in [-0.15, -0.1) is 0 Å². The SMILES string of the molecule is Cc1ccc2c(N3CCN(CCc4c(-c5ccccc5)ccc(NC(=O)O)c4-c4ccccc4)CC3)cccc2n1. The van der Waals surface area contributed by atoms with Crippen molar-refractivity contribution in [2.75, 3.05) is 42.9 Å². The molecule has 2 heterocycles. The van der Waals surface area contributed by atoms with E-state index in [0.717, 1.165) is 78.2 Å². The molecule has 2 N–H and O–H groups in total. The van der Waals surface area contributed by atoms with Crippen molar-refractivity contribution in [2.45, 2.75) is 13.3 Å². The number of amides is 1. The van der Waals surface area contributed by atoms with E-state index in [1.54, 1.807) is 0 Å². The first-order valence-electron chi connectivity index (χ1n) is 14.2. The summed E-state index contributed by atoms with van der Waals surface area (Å²) in [6.07, 6.45) is -0.253. The number of nitrogens with one attached hydrogen (secondary N) is 1. The van der Waals surface area contributed by atoms with E-state index in [2.05, 4.69) is 75.8 Å². The highest BCUT2D eigenvalue weighted by atomic mass is 16.4. The summed E-state index contributed by atoms with van der Waals surface area (Å²) in [5.41, 5.74) is 9.33. The second-order valence-electron chi connectivity index (χ2n) is 10.6. The Morgan fingerprint density at radius 2 is 1.51 bits per heavy atom. The molecule has 6 heteroatoms. The van der Waals surface area contributed by atoms with Crippen molar-refractivity contribution in [1.82, 2.24) is 9.88 Å². The van der Waals surface area contributed by atoms with E-state index >= 15 is 0 Å². The third kappa shape index (κ3) is 5.79. The van der Waals surface area contributed by atoms with Crippen molar-refractivity contribution in [2.24, 2.45) is 0 Å². The highest BCUT2D eigenvalue weighted by molar-refractivity contribution is 5.95. The minimum Gasteiger partial charge on any atom is -0.465 e. The van der Waals surface area contributed by atoms with Crippen molar-refractivity contribution < 1.29 is 9.90 Å². The van der Waals surface area contributed by atoms with E-state index in [0.29, 0.717) is 5.69 Å². The van der Waals surface area contributed by atoms with E-state index in [-0.39, 0.29) is 0 Å². The predicted octanol–water partition coefficient (Wildman–Crippen LogP) is 7.33. The van der Waals surface area contributed by atoms with Crippen LogP contribution in [0.2, 0.25) is 0 Å². The van der Waals surface area contributed by atoms with Gasteiger partial charge >= 0.3 is 6.09 Å². The third-order valence-electron chi connectivity index (χ3n) is 7.94. The summed E-state index contributed by atoms with van der Waals surface area (Å²) < 4.78 is 0. The van der Waals surface area contributed by atoms with Crippen molar-refractivity contribution in [1.29, 1.82) is 0 Å². The molecule has 41 heavy (non-hydrogen) atoms. The normalized spacial score (nSPS) is 13.8. The summed E-state index contributed by atoms with van der Waals surface area (Å²) in [5, 5.41) is 13.5. The van der Waals surface area contributed by atoms with Gasteiger partial charge in [0.05, 0.1) is 11.2 Å². The summed E-state index contributed by atoms with van der Waals surface area (Å²) in [4.78, 5) is 21.5. The zero-order valence-electron chi connectivity index (χ0n) is 23.3. The molecule has 0 atom stereocenters. The first-order chi connectivity index (χ1) is 20.1. The molecule has 0 bridgehead atoms. The van der Waals surface area contributed by atoms with Crippen LogP contribution in [0.5, 0.6) is 0 Å². The largest absolute Gasteiger partial charge is 0.465 e. The number of carboxylic acid groups (broad SMARTS) is 1. The number of hydrogen-bond donors (Lipinski definition) is 2. The molecule has 0 radical (unpaired) electrons. The maximum absolute atomic E-state index is 11.7. The number of piperazine rings is 1. The summed E-state index contributed by atoms with van der Waals surface area (Å²) in [7, 11) is 0. The van der Waals surface area contributed by atoms with Gasteiger partial charge in [0, 0.05) is 55.1 Å². The molecule has 1 aliphatic heterocycles. The van der Waals surface area contributed by atoms with Crippen LogP contribution in [0.25, 0.3) is 33.2 Å². The molecule has 1 aromatic heterocycles. The van der Waals surface area contributed by atoms with Crippen LogP contribution >= 0.6 is 0 Å². The maximum atomic E-state index is 11.7. The Labute approximate surface area is 240 Å². The van der Waals surface area contributed by atoms with Gasteiger partial charge in [0.2, 0.25) is 0 Å². The summed E-state index contributed by atoms with van der Waals surface area (Å²) in [5.74, 6) is 0. The van der Waals surface area contributed by atoms with Crippen LogP contribution in [0, 0.1) is 6.92 Å². The molecule has 1 saturated heterocycles. The molecule has 4 aromatic carbocycles. The molecule has 0 saturated carbocycles. The first kappa shape index (κ1) is 26.5. The van der Waals surface area contributed by atoms with Crippen LogP contribution < -0.4 is 10.2 Å². The van der Waals surface area contributed by atoms with E-state index in [1.807, 2.05) is 49.4 Å². The fraction of sp³-hybridized carbons (Fsp3) is 0.200. The Bertz CT molecular complexity index is 1660. The van der Waals surface area contributed by atoms with E-state index in [9.17, 15) is 9.90 Å². The summed E-state index contributed by atoms with van der Waals surface area (Å²) in [6.45, 7) is 6.74. The van der Waals surface area contributed by atoms with Gasteiger partial charge in [-0.3, -0.25) is 15.2 Å². The zero-order chi connectivity index (χ0) is 28.2. The Kier molecular flexibility index (Phi) is 7.65. The lowest BCUT2D eigenvalue weighted by molar-refractivity contribution is 0.210. The highest BCUT2D eigenvalue weighted by Crippen LogP contribution is 2.39. The molecular weight excluding hydrogens is 508 g/mol. The minimum atomic E-state index is -1.06. The fourth-order valence-corrected chi connectivity index (χ4v) is 5.95. The number of anilines is 2. The molecule has 6 nitrogen and oxygen atoms in total. The summed E-state index contributed by atoms with van der Waals surface area (Å²) in [6, 6.07) is 35.1. The van der Waals surface area contributed by atoms with Crippen LogP contribution in [-0.2, 0) is 6.42 Å². The Balaban J connectivity index is 1.27. The molecule has 206 valence electrons. The van der Waals surface area contributed by atoms with Crippen LogP contribution in [-0.4, -0.2) is 53.8 Å². The second kappa shape index (κ2) is 11.8. The molecule has 1 fully saturated rings. The van der Waals surface area contributed by atoms with Gasteiger partial charge in [-0.25, -0.2) is 4.79 Å². The number of nitrogens with zero attached hydrogens (tertiary/aromatic N) is 3. The third-order valence-corrected chi connectivity index (χ3v) is 7.94. The van der Waals surface area contributed by atoms with Crippen LogP contribution in [0.3, 0.4) is 0 Å². The minimum absolute atomic E-state index is 0.614. The highest BCUT2D eigenvalue weighted by Gasteiger charge is 2.22. The van der Waals surface area contributed by atoms with Gasteiger partial charge in [-0.1, -0.05) is 72.8 Å². The van der Waals surface area contributed by atoms with E-state index < -0.39 is 6.09 Å². The maximum Gasteiger partial charge on any atom is 0.409 e. The van der Waals surface area contributed by atoms with E-state index in [4.69, 9.17) is 4.98 Å². The van der Waals surface area contributed by atoms with Crippen LogP contribution in [0.1, 0.15) is 11.3 Å². The molecule has 0 aliphatic carbocycles. The number of rotatable bonds is 7. The van der Waals surface area contributed by atoms with Crippen molar-refractivity contribution in [3.63, 3.8) is 0 Å². The molecule has 5 aromatic rings. The van der Waals surface area contributed by atoms with Gasteiger partial charge in [-0.05, 0) is 65.9 Å². The number of aromatic nitrogens is 1. The molecule has 0 unspecified atom stereocenters.